The average molecular weight is 361 g/mol. The lowest BCUT2D eigenvalue weighted by atomic mass is 10.0. The van der Waals surface area contributed by atoms with Crippen molar-refractivity contribution < 1.29 is 22.7 Å². The van der Waals surface area contributed by atoms with Gasteiger partial charge in [0.25, 0.3) is 10.0 Å². The van der Waals surface area contributed by atoms with Gasteiger partial charge in [0.2, 0.25) is 6.79 Å². The standard InChI is InChI=1S/C18H19NO5S/c1-11(2)13-4-6-14(7-5-13)25(21,22)19-16-9-18-17(23-10-24-18)8-15(16)12(3)20/h4-9,11,19H,10H2,1-3H3. The van der Waals surface area contributed by atoms with Crippen molar-refractivity contribution in [1.29, 1.82) is 0 Å². The smallest absolute Gasteiger partial charge is 0.261 e. The number of ketones is 1. The number of fused-ring (bicyclic) bond motifs is 1. The molecule has 0 radical (unpaired) electrons. The van der Waals surface area contributed by atoms with Crippen LogP contribution < -0.4 is 14.2 Å². The number of benzene rings is 2. The van der Waals surface area contributed by atoms with E-state index in [-0.39, 0.29) is 28.7 Å². The first-order valence-electron chi connectivity index (χ1n) is 7.85. The van der Waals surface area contributed by atoms with E-state index in [2.05, 4.69) is 4.72 Å². The minimum atomic E-state index is -3.83. The molecule has 0 aliphatic carbocycles. The Balaban J connectivity index is 1.96. The lowest BCUT2D eigenvalue weighted by Gasteiger charge is -2.13. The van der Waals surface area contributed by atoms with E-state index in [4.69, 9.17) is 9.47 Å². The van der Waals surface area contributed by atoms with Crippen LogP contribution in [0.2, 0.25) is 0 Å². The topological polar surface area (TPSA) is 81.7 Å². The molecule has 0 saturated heterocycles. The number of hydrogen-bond acceptors (Lipinski definition) is 5. The van der Waals surface area contributed by atoms with Crippen LogP contribution in [0.3, 0.4) is 0 Å². The molecule has 7 heteroatoms. The lowest BCUT2D eigenvalue weighted by molar-refractivity contribution is 0.101. The zero-order valence-corrected chi connectivity index (χ0v) is 15.0. The summed E-state index contributed by atoms with van der Waals surface area (Å²) >= 11 is 0. The third kappa shape index (κ3) is 3.46. The third-order valence-electron chi connectivity index (χ3n) is 3.99. The van der Waals surface area contributed by atoms with E-state index in [1.807, 2.05) is 13.8 Å². The summed E-state index contributed by atoms with van der Waals surface area (Å²) in [5.74, 6) is 0.862. The fourth-order valence-corrected chi connectivity index (χ4v) is 3.62. The number of nitrogens with one attached hydrogen (secondary N) is 1. The summed E-state index contributed by atoms with van der Waals surface area (Å²) in [6, 6.07) is 9.63. The SMILES string of the molecule is CC(=O)c1cc2c(cc1NS(=O)(=O)c1ccc(C(C)C)cc1)OCO2. The summed E-state index contributed by atoms with van der Waals surface area (Å²) in [6.07, 6.45) is 0. The molecule has 0 amide bonds. The first-order chi connectivity index (χ1) is 11.8. The van der Waals surface area contributed by atoms with E-state index in [0.29, 0.717) is 17.4 Å². The first-order valence-corrected chi connectivity index (χ1v) is 9.33. The Morgan fingerprint density at radius 2 is 1.68 bits per heavy atom. The molecule has 0 unspecified atom stereocenters. The van der Waals surface area contributed by atoms with E-state index in [1.54, 1.807) is 24.3 Å². The van der Waals surface area contributed by atoms with Crippen LogP contribution in [0.15, 0.2) is 41.3 Å². The number of carbonyl (C=O) groups is 1. The minimum Gasteiger partial charge on any atom is -0.454 e. The predicted molar refractivity (Wildman–Crippen MR) is 93.9 cm³/mol. The van der Waals surface area contributed by atoms with Gasteiger partial charge in [-0.3, -0.25) is 9.52 Å². The van der Waals surface area contributed by atoms with E-state index in [1.165, 1.54) is 19.1 Å². The maximum Gasteiger partial charge on any atom is 0.261 e. The second kappa shape index (κ2) is 6.40. The van der Waals surface area contributed by atoms with Gasteiger partial charge in [-0.15, -0.1) is 0 Å². The van der Waals surface area contributed by atoms with Crippen LogP contribution >= 0.6 is 0 Å². The molecule has 1 N–H and O–H groups in total. The van der Waals surface area contributed by atoms with Crippen molar-refractivity contribution in [2.75, 3.05) is 11.5 Å². The molecule has 6 nitrogen and oxygen atoms in total. The number of hydrogen-bond donors (Lipinski definition) is 1. The van der Waals surface area contributed by atoms with Gasteiger partial charge in [-0.1, -0.05) is 26.0 Å². The monoisotopic (exact) mass is 361 g/mol. The zero-order valence-electron chi connectivity index (χ0n) is 14.2. The fourth-order valence-electron chi connectivity index (χ4n) is 2.55. The molecule has 3 rings (SSSR count). The van der Waals surface area contributed by atoms with Gasteiger partial charge in [0.05, 0.1) is 10.6 Å². The maximum atomic E-state index is 12.7. The zero-order chi connectivity index (χ0) is 18.2. The Bertz CT molecular complexity index is 917. The van der Waals surface area contributed by atoms with E-state index >= 15 is 0 Å². The molecule has 0 aromatic heterocycles. The highest BCUT2D eigenvalue weighted by Gasteiger charge is 2.23. The van der Waals surface area contributed by atoms with E-state index in [0.717, 1.165) is 5.56 Å². The van der Waals surface area contributed by atoms with Crippen molar-refractivity contribution in [2.45, 2.75) is 31.6 Å². The summed E-state index contributed by atoms with van der Waals surface area (Å²) < 4.78 is 38.3. The van der Waals surface area contributed by atoms with E-state index in [9.17, 15) is 13.2 Å². The maximum absolute atomic E-state index is 12.7. The predicted octanol–water partition coefficient (Wildman–Crippen LogP) is 3.54. The van der Waals surface area contributed by atoms with Crippen molar-refractivity contribution in [3.63, 3.8) is 0 Å². The molecule has 0 saturated carbocycles. The third-order valence-corrected chi connectivity index (χ3v) is 5.37. The molecule has 2 aromatic rings. The van der Waals surface area contributed by atoms with Crippen LogP contribution in [0.1, 0.15) is 42.6 Å². The first kappa shape index (κ1) is 17.3. The Morgan fingerprint density at radius 3 is 2.24 bits per heavy atom. The highest BCUT2D eigenvalue weighted by atomic mass is 32.2. The van der Waals surface area contributed by atoms with Crippen molar-refractivity contribution >= 4 is 21.5 Å². The highest BCUT2D eigenvalue weighted by molar-refractivity contribution is 7.92. The van der Waals surface area contributed by atoms with Crippen LogP contribution in [0.25, 0.3) is 0 Å². The number of Topliss-reactive ketones (excluding diaryl/α,β-unsaturated/α-hetero) is 1. The summed E-state index contributed by atoms with van der Waals surface area (Å²) in [6.45, 7) is 5.48. The Morgan fingerprint density at radius 1 is 1.08 bits per heavy atom. The number of ether oxygens (including phenoxy) is 2. The molecule has 2 aromatic carbocycles. The molecule has 132 valence electrons. The van der Waals surface area contributed by atoms with Crippen molar-refractivity contribution in [1.82, 2.24) is 0 Å². The molecular weight excluding hydrogens is 342 g/mol. The molecule has 25 heavy (non-hydrogen) atoms. The van der Waals surface area contributed by atoms with Gasteiger partial charge in [0.15, 0.2) is 17.3 Å². The number of sulfonamides is 1. The van der Waals surface area contributed by atoms with Crippen molar-refractivity contribution in [3.05, 3.63) is 47.5 Å². The number of anilines is 1. The lowest BCUT2D eigenvalue weighted by Crippen LogP contribution is -2.15. The van der Waals surface area contributed by atoms with Crippen molar-refractivity contribution in [3.8, 4) is 11.5 Å². The van der Waals surface area contributed by atoms with Crippen molar-refractivity contribution in [2.24, 2.45) is 0 Å². The molecule has 0 bridgehead atoms. The second-order valence-electron chi connectivity index (χ2n) is 6.14. The number of rotatable bonds is 5. The fraction of sp³-hybridized carbons (Fsp3) is 0.278. The summed E-state index contributed by atoms with van der Waals surface area (Å²) in [7, 11) is -3.83. The normalized spacial score (nSPS) is 13.1. The molecule has 0 spiro atoms. The molecule has 0 atom stereocenters. The van der Waals surface area contributed by atoms with Gasteiger partial charge < -0.3 is 9.47 Å². The molecule has 0 fully saturated rings. The minimum absolute atomic E-state index is 0.0412. The van der Waals surface area contributed by atoms with Gasteiger partial charge >= 0.3 is 0 Å². The average Bonchev–Trinajstić information content (AvgIpc) is 3.01. The molecule has 1 aliphatic heterocycles. The van der Waals surface area contributed by atoms with Gasteiger partial charge in [-0.2, -0.15) is 0 Å². The van der Waals surface area contributed by atoms with E-state index < -0.39 is 10.0 Å². The van der Waals surface area contributed by atoms with Gasteiger partial charge in [0, 0.05) is 11.6 Å². The Kier molecular flexibility index (Phi) is 4.43. The highest BCUT2D eigenvalue weighted by Crippen LogP contribution is 2.38. The van der Waals surface area contributed by atoms with Crippen LogP contribution in [0, 0.1) is 0 Å². The van der Waals surface area contributed by atoms with Crippen LogP contribution in [0.5, 0.6) is 11.5 Å². The summed E-state index contributed by atoms with van der Waals surface area (Å²) in [4.78, 5) is 12.0. The van der Waals surface area contributed by atoms with Gasteiger partial charge in [-0.05, 0) is 36.6 Å². The van der Waals surface area contributed by atoms with Gasteiger partial charge in [0.1, 0.15) is 0 Å². The number of carbonyl (C=O) groups excluding carboxylic acids is 1. The Hall–Kier alpha value is -2.54. The van der Waals surface area contributed by atoms with Crippen LogP contribution in [-0.2, 0) is 10.0 Å². The Labute approximate surface area is 146 Å². The second-order valence-corrected chi connectivity index (χ2v) is 7.82. The van der Waals surface area contributed by atoms with Crippen LogP contribution in [0.4, 0.5) is 5.69 Å². The molecular formula is C18H19NO5S. The molecule has 1 heterocycles. The van der Waals surface area contributed by atoms with Crippen LogP contribution in [-0.4, -0.2) is 21.0 Å². The quantitative estimate of drug-likeness (QED) is 0.824. The molecule has 1 aliphatic rings. The largest absolute Gasteiger partial charge is 0.454 e. The van der Waals surface area contributed by atoms with Gasteiger partial charge in [-0.25, -0.2) is 8.42 Å². The summed E-state index contributed by atoms with van der Waals surface area (Å²) in [5, 5.41) is 0. The summed E-state index contributed by atoms with van der Waals surface area (Å²) in [5.41, 5.74) is 1.45.